The minimum absolute atomic E-state index is 0.329. The van der Waals surface area contributed by atoms with E-state index in [1.165, 1.54) is 4.90 Å². The summed E-state index contributed by atoms with van der Waals surface area (Å²) in [6.07, 6.45) is 9.99. The van der Waals surface area contributed by atoms with Crippen LogP contribution in [0.25, 0.3) is 0 Å². The van der Waals surface area contributed by atoms with E-state index < -0.39 is 24.4 Å². The van der Waals surface area contributed by atoms with Gasteiger partial charge in [0.15, 0.2) is 5.75 Å². The number of carbonyl (C=O) groups excluding carboxylic acids is 1. The van der Waals surface area contributed by atoms with Crippen LogP contribution in [-0.4, -0.2) is 52.1 Å². The van der Waals surface area contributed by atoms with E-state index in [4.69, 9.17) is 25.2 Å². The predicted molar refractivity (Wildman–Crippen MR) is 109 cm³/mol. The molecule has 1 amide bonds. The third kappa shape index (κ3) is 3.62. The molecule has 156 valence electrons. The number of hydrogen-bond donors (Lipinski definition) is 0. The Morgan fingerprint density at radius 1 is 1.30 bits per heavy atom. The second-order valence-electron chi connectivity index (χ2n) is 8.28. The molecule has 1 aromatic carbocycles. The van der Waals surface area contributed by atoms with E-state index in [0.717, 1.165) is 5.46 Å². The normalized spacial score (nSPS) is 22.1. The molecule has 1 aromatic heterocycles. The molecule has 30 heavy (non-hydrogen) atoms. The molecule has 1 unspecified atom stereocenters. The van der Waals surface area contributed by atoms with Gasteiger partial charge in [0, 0.05) is 6.20 Å². The number of cyclic esters (lactones) is 1. The maximum atomic E-state index is 12.5. The Kier molecular flexibility index (Phi) is 4.96. The Labute approximate surface area is 175 Å². The van der Waals surface area contributed by atoms with Crippen LogP contribution in [0.2, 0.25) is 0 Å². The number of hydrogen-bond acceptors (Lipinski definition) is 7. The summed E-state index contributed by atoms with van der Waals surface area (Å²) >= 11 is 0. The van der Waals surface area contributed by atoms with Gasteiger partial charge in [-0.3, -0.25) is 4.90 Å². The summed E-state index contributed by atoms with van der Waals surface area (Å²) in [5, 5.41) is 7.67. The van der Waals surface area contributed by atoms with Crippen molar-refractivity contribution >= 4 is 24.4 Å². The van der Waals surface area contributed by atoms with Crippen molar-refractivity contribution in [2.45, 2.75) is 51.5 Å². The molecule has 10 heteroatoms. The van der Waals surface area contributed by atoms with Crippen LogP contribution >= 0.6 is 0 Å². The Morgan fingerprint density at radius 2 is 2.03 bits per heavy atom. The van der Waals surface area contributed by atoms with Crippen LogP contribution in [0.1, 0.15) is 27.7 Å². The van der Waals surface area contributed by atoms with Gasteiger partial charge in [-0.1, -0.05) is 17.7 Å². The zero-order valence-electron chi connectivity index (χ0n) is 17.4. The van der Waals surface area contributed by atoms with Crippen LogP contribution in [-0.2, 0) is 20.6 Å². The average molecular weight is 410 g/mol. The molecule has 0 aliphatic carbocycles. The van der Waals surface area contributed by atoms with Gasteiger partial charge < -0.3 is 18.8 Å². The molecule has 2 aliphatic heterocycles. The van der Waals surface area contributed by atoms with Crippen LogP contribution in [0.4, 0.5) is 10.5 Å². The van der Waals surface area contributed by atoms with Crippen molar-refractivity contribution in [3.8, 4) is 18.3 Å². The lowest BCUT2D eigenvalue weighted by Crippen LogP contribution is -2.41. The third-order valence-corrected chi connectivity index (χ3v) is 5.71. The van der Waals surface area contributed by atoms with E-state index in [2.05, 4.69) is 16.4 Å². The second-order valence-corrected chi connectivity index (χ2v) is 8.28. The van der Waals surface area contributed by atoms with Gasteiger partial charge >= 0.3 is 13.2 Å². The number of aromatic nitrogens is 3. The first-order valence-corrected chi connectivity index (χ1v) is 9.64. The van der Waals surface area contributed by atoms with Crippen LogP contribution in [0, 0.1) is 12.5 Å². The molecule has 3 heterocycles. The minimum atomic E-state index is -0.574. The van der Waals surface area contributed by atoms with Gasteiger partial charge in [-0.15, -0.1) is 5.10 Å². The van der Waals surface area contributed by atoms with E-state index in [9.17, 15) is 4.79 Å². The molecule has 0 radical (unpaired) electrons. The van der Waals surface area contributed by atoms with Gasteiger partial charge in [-0.05, 0) is 45.3 Å². The maximum absolute atomic E-state index is 12.5. The summed E-state index contributed by atoms with van der Waals surface area (Å²) in [5.41, 5.74) is 0.307. The first-order valence-electron chi connectivity index (χ1n) is 9.64. The summed E-state index contributed by atoms with van der Waals surface area (Å²) in [7, 11) is -0.574. The molecule has 0 saturated carbocycles. The zero-order chi connectivity index (χ0) is 21.5. The second kappa shape index (κ2) is 7.34. The Bertz CT molecular complexity index is 970. The van der Waals surface area contributed by atoms with Crippen molar-refractivity contribution in [2.24, 2.45) is 0 Å². The molecule has 2 fully saturated rings. The highest BCUT2D eigenvalue weighted by Crippen LogP contribution is 2.37. The average Bonchev–Trinajstić information content (AvgIpc) is 3.35. The highest BCUT2D eigenvalue weighted by atomic mass is 16.7. The highest BCUT2D eigenvalue weighted by molar-refractivity contribution is 6.62. The van der Waals surface area contributed by atoms with E-state index in [-0.39, 0.29) is 6.10 Å². The molecule has 9 nitrogen and oxygen atoms in total. The number of terminal acetylenes is 1. The molecule has 0 N–H and O–H groups in total. The summed E-state index contributed by atoms with van der Waals surface area (Å²) in [6.45, 7) is 8.66. The largest absolute Gasteiger partial charge is 0.494 e. The van der Waals surface area contributed by atoms with Gasteiger partial charge in [0.05, 0.1) is 36.2 Å². The fourth-order valence-electron chi connectivity index (χ4n) is 3.38. The summed E-state index contributed by atoms with van der Waals surface area (Å²) in [6, 6.07) is 5.32. The van der Waals surface area contributed by atoms with Gasteiger partial charge in [-0.25, -0.2) is 9.48 Å². The topological polar surface area (TPSA) is 87.9 Å². The standard InChI is InChI=1S/C20H23BN4O5/c1-6-27-17-11-14(21-29-19(2,3)20(4,5)30-21)7-8-16(17)25-13-15(28-18(25)26)12-24-10-9-22-23-24/h1,7-11,15H,12-13H2,2-5H3. The van der Waals surface area contributed by atoms with Crippen LogP contribution in [0.15, 0.2) is 30.6 Å². The van der Waals surface area contributed by atoms with Crippen molar-refractivity contribution in [1.82, 2.24) is 15.0 Å². The molecule has 4 rings (SSSR count). The van der Waals surface area contributed by atoms with Crippen molar-refractivity contribution < 1.29 is 23.6 Å². The molecular formula is C20H23BN4O5. The lowest BCUT2D eigenvalue weighted by atomic mass is 9.79. The zero-order valence-corrected chi connectivity index (χ0v) is 17.4. The summed E-state index contributed by atoms with van der Waals surface area (Å²) < 4.78 is 24.6. The lowest BCUT2D eigenvalue weighted by Gasteiger charge is -2.32. The van der Waals surface area contributed by atoms with Crippen molar-refractivity contribution in [3.05, 3.63) is 30.6 Å². The van der Waals surface area contributed by atoms with Crippen molar-refractivity contribution in [2.75, 3.05) is 11.4 Å². The third-order valence-electron chi connectivity index (χ3n) is 5.71. The predicted octanol–water partition coefficient (Wildman–Crippen LogP) is 1.57. The molecular weight excluding hydrogens is 387 g/mol. The lowest BCUT2D eigenvalue weighted by molar-refractivity contribution is 0.00578. The number of rotatable bonds is 5. The Balaban J connectivity index is 1.57. The molecule has 2 aliphatic rings. The molecule has 2 saturated heterocycles. The van der Waals surface area contributed by atoms with Gasteiger partial charge in [0.25, 0.3) is 0 Å². The Hall–Kier alpha value is -3.03. The SMILES string of the molecule is C#COc1cc(B2OC(C)(C)C(C)(C)O2)ccc1N1CC(Cn2ccnn2)OC1=O. The van der Waals surface area contributed by atoms with E-state index >= 15 is 0 Å². The molecule has 0 bridgehead atoms. The van der Waals surface area contributed by atoms with E-state index in [0.29, 0.717) is 24.5 Å². The number of nitrogens with zero attached hydrogens (tertiary/aromatic N) is 4. The fourth-order valence-corrected chi connectivity index (χ4v) is 3.38. The summed E-state index contributed by atoms with van der Waals surface area (Å²) in [4.78, 5) is 14.0. The van der Waals surface area contributed by atoms with E-state index in [1.54, 1.807) is 29.2 Å². The van der Waals surface area contributed by atoms with Gasteiger partial charge in [0.2, 0.25) is 0 Å². The number of anilines is 1. The molecule has 2 aromatic rings. The first kappa shape index (κ1) is 20.3. The smallest absolute Gasteiger partial charge is 0.442 e. The first-order chi connectivity index (χ1) is 14.2. The summed E-state index contributed by atoms with van der Waals surface area (Å²) in [5.74, 6) is 0.350. The highest BCUT2D eigenvalue weighted by Gasteiger charge is 2.52. The maximum Gasteiger partial charge on any atom is 0.494 e. The van der Waals surface area contributed by atoms with Crippen molar-refractivity contribution in [1.29, 1.82) is 0 Å². The number of amides is 1. The molecule has 0 spiro atoms. The van der Waals surface area contributed by atoms with Crippen molar-refractivity contribution in [3.63, 3.8) is 0 Å². The number of benzene rings is 1. The Morgan fingerprint density at radius 3 is 2.67 bits per heavy atom. The number of ether oxygens (including phenoxy) is 2. The van der Waals surface area contributed by atoms with Gasteiger partial charge in [-0.2, -0.15) is 0 Å². The van der Waals surface area contributed by atoms with E-state index in [1.807, 2.05) is 33.8 Å². The van der Waals surface area contributed by atoms with Crippen LogP contribution in [0.5, 0.6) is 5.75 Å². The molecule has 1 atom stereocenters. The quantitative estimate of drug-likeness (QED) is 0.546. The fraction of sp³-hybridized carbons (Fsp3) is 0.450. The van der Waals surface area contributed by atoms with Crippen LogP contribution < -0.4 is 15.1 Å². The number of carbonyl (C=O) groups is 1. The minimum Gasteiger partial charge on any atom is -0.442 e. The van der Waals surface area contributed by atoms with Gasteiger partial charge in [0.1, 0.15) is 12.2 Å². The van der Waals surface area contributed by atoms with Crippen LogP contribution in [0.3, 0.4) is 0 Å². The monoisotopic (exact) mass is 410 g/mol.